The molecule has 0 aliphatic carbocycles. The van der Waals surface area contributed by atoms with Gasteiger partial charge in [-0.2, -0.15) is 11.8 Å². The number of aliphatic hydroxyl groups excluding tert-OH is 1. The van der Waals surface area contributed by atoms with Gasteiger partial charge in [-0.3, -0.25) is 0 Å². The first-order chi connectivity index (χ1) is 7.53. The summed E-state index contributed by atoms with van der Waals surface area (Å²) in [6, 6.07) is 2.06. The molecule has 0 fully saturated rings. The minimum absolute atomic E-state index is 0.142. The Hall–Kier alpha value is -0.430. The van der Waals surface area contributed by atoms with Crippen molar-refractivity contribution in [3.05, 3.63) is 21.9 Å². The number of rotatable bonds is 3. The third-order valence-corrected chi connectivity index (χ3v) is 4.24. The molecule has 88 valence electrons. The highest BCUT2D eigenvalue weighted by atomic mass is 32.2. The van der Waals surface area contributed by atoms with Gasteiger partial charge in [-0.05, 0) is 11.4 Å². The molecule has 0 aliphatic heterocycles. The second-order valence-corrected chi connectivity index (χ2v) is 7.24. The molecule has 16 heavy (non-hydrogen) atoms. The molecule has 0 bridgehead atoms. The first-order valence-electron chi connectivity index (χ1n) is 5.33. The molecule has 0 atom stereocenters. The summed E-state index contributed by atoms with van der Waals surface area (Å²) in [5.74, 6) is 7.11. The summed E-state index contributed by atoms with van der Waals surface area (Å²) >= 11 is 3.70. The van der Waals surface area contributed by atoms with E-state index in [2.05, 4.69) is 44.1 Å². The van der Waals surface area contributed by atoms with Gasteiger partial charge in [0.25, 0.3) is 0 Å². The van der Waals surface area contributed by atoms with E-state index in [1.165, 1.54) is 4.88 Å². The van der Waals surface area contributed by atoms with Crippen LogP contribution in [0.2, 0.25) is 0 Å². The van der Waals surface area contributed by atoms with Crippen molar-refractivity contribution >= 4 is 23.1 Å². The summed E-state index contributed by atoms with van der Waals surface area (Å²) in [7, 11) is 0. The fraction of sp³-hybridized carbons (Fsp3) is 0.538. The lowest BCUT2D eigenvalue weighted by molar-refractivity contribution is 0.305. The van der Waals surface area contributed by atoms with Gasteiger partial charge >= 0.3 is 0 Å². The molecule has 1 rings (SSSR count). The lowest BCUT2D eigenvalue weighted by atomic mass is 10.2. The molecule has 1 aromatic rings. The highest BCUT2D eigenvalue weighted by Crippen LogP contribution is 2.30. The van der Waals surface area contributed by atoms with Crippen LogP contribution in [0.25, 0.3) is 0 Å². The summed E-state index contributed by atoms with van der Waals surface area (Å²) < 4.78 is 0.291. The fourth-order valence-corrected chi connectivity index (χ4v) is 2.84. The van der Waals surface area contributed by atoms with Gasteiger partial charge < -0.3 is 5.11 Å². The average Bonchev–Trinajstić information content (AvgIpc) is 2.62. The van der Waals surface area contributed by atoms with Crippen molar-refractivity contribution in [3.8, 4) is 11.8 Å². The Labute approximate surface area is 106 Å². The quantitative estimate of drug-likeness (QED) is 0.833. The zero-order valence-electron chi connectivity index (χ0n) is 10.0. The van der Waals surface area contributed by atoms with E-state index >= 15 is 0 Å². The van der Waals surface area contributed by atoms with Crippen LogP contribution in [-0.4, -0.2) is 16.5 Å². The SMILES string of the molecule is CC(C)(C)SCc1sccc1C#CCCO. The number of thioether (sulfide) groups is 1. The minimum atomic E-state index is 0.142. The van der Waals surface area contributed by atoms with Crippen molar-refractivity contribution in [2.75, 3.05) is 6.61 Å². The molecule has 0 radical (unpaired) electrons. The van der Waals surface area contributed by atoms with Crippen molar-refractivity contribution in [3.63, 3.8) is 0 Å². The second kappa shape index (κ2) is 6.34. The molecule has 1 aromatic heterocycles. The van der Waals surface area contributed by atoms with Gasteiger partial charge in [0.05, 0.1) is 6.61 Å². The highest BCUT2D eigenvalue weighted by Gasteiger charge is 2.12. The lowest BCUT2D eigenvalue weighted by Crippen LogP contribution is -2.07. The Morgan fingerprint density at radius 2 is 2.19 bits per heavy atom. The number of thiophene rings is 1. The van der Waals surface area contributed by atoms with Crippen molar-refractivity contribution in [1.29, 1.82) is 0 Å². The van der Waals surface area contributed by atoms with Crippen molar-refractivity contribution in [2.45, 2.75) is 37.7 Å². The van der Waals surface area contributed by atoms with Crippen molar-refractivity contribution in [2.24, 2.45) is 0 Å². The molecule has 0 saturated heterocycles. The van der Waals surface area contributed by atoms with E-state index in [9.17, 15) is 0 Å². The predicted octanol–water partition coefficient (Wildman–Crippen LogP) is 3.51. The lowest BCUT2D eigenvalue weighted by Gasteiger charge is -2.16. The summed E-state index contributed by atoms with van der Waals surface area (Å²) in [4.78, 5) is 1.34. The van der Waals surface area contributed by atoms with E-state index in [0.717, 1.165) is 11.3 Å². The molecule has 1 N–H and O–H groups in total. The van der Waals surface area contributed by atoms with Crippen LogP contribution in [0.4, 0.5) is 0 Å². The van der Waals surface area contributed by atoms with Crippen LogP contribution in [0.3, 0.4) is 0 Å². The van der Waals surface area contributed by atoms with Crippen LogP contribution < -0.4 is 0 Å². The van der Waals surface area contributed by atoms with E-state index in [4.69, 9.17) is 5.11 Å². The normalized spacial score (nSPS) is 11.0. The Balaban J connectivity index is 2.61. The van der Waals surface area contributed by atoms with Gasteiger partial charge in [0.1, 0.15) is 0 Å². The maximum Gasteiger partial charge on any atom is 0.0540 e. The summed E-state index contributed by atoms with van der Waals surface area (Å²) in [6.45, 7) is 6.82. The standard InChI is InChI=1S/C13H18OS2/c1-13(2,3)16-10-12-11(7-9-15-12)6-4-5-8-14/h7,9,14H,5,8,10H2,1-3H3. The van der Waals surface area contributed by atoms with Gasteiger partial charge in [-0.1, -0.05) is 32.6 Å². The minimum Gasteiger partial charge on any atom is -0.395 e. The average molecular weight is 254 g/mol. The molecule has 1 nitrogen and oxygen atoms in total. The molecule has 1 heterocycles. The van der Waals surface area contributed by atoms with E-state index in [0.29, 0.717) is 11.2 Å². The Kier molecular flexibility index (Phi) is 5.40. The first-order valence-corrected chi connectivity index (χ1v) is 7.19. The van der Waals surface area contributed by atoms with Crippen LogP contribution in [0.1, 0.15) is 37.6 Å². The highest BCUT2D eigenvalue weighted by molar-refractivity contribution is 7.99. The van der Waals surface area contributed by atoms with Crippen LogP contribution >= 0.6 is 23.1 Å². The van der Waals surface area contributed by atoms with Gasteiger partial charge in [0, 0.05) is 27.4 Å². The molecule has 0 saturated carbocycles. The number of hydrogen-bond donors (Lipinski definition) is 1. The van der Waals surface area contributed by atoms with Crippen LogP contribution in [0, 0.1) is 11.8 Å². The predicted molar refractivity (Wildman–Crippen MR) is 73.9 cm³/mol. The van der Waals surface area contributed by atoms with Crippen molar-refractivity contribution < 1.29 is 5.11 Å². The molecule has 3 heteroatoms. The number of hydrogen-bond acceptors (Lipinski definition) is 3. The molecular weight excluding hydrogens is 236 g/mol. The third-order valence-electron chi connectivity index (χ3n) is 1.84. The van der Waals surface area contributed by atoms with Crippen LogP contribution in [-0.2, 0) is 5.75 Å². The molecule has 0 aromatic carbocycles. The smallest absolute Gasteiger partial charge is 0.0540 e. The topological polar surface area (TPSA) is 20.2 Å². The van der Waals surface area contributed by atoms with Gasteiger partial charge in [-0.25, -0.2) is 0 Å². The summed E-state index contributed by atoms with van der Waals surface area (Å²) in [5, 5.41) is 10.8. The van der Waals surface area contributed by atoms with E-state index < -0.39 is 0 Å². The molecule has 0 amide bonds. The van der Waals surface area contributed by atoms with Crippen LogP contribution in [0.15, 0.2) is 11.4 Å². The fourth-order valence-electron chi connectivity index (χ4n) is 1.06. The maximum absolute atomic E-state index is 8.67. The molecule has 0 unspecified atom stereocenters. The van der Waals surface area contributed by atoms with Crippen LogP contribution in [0.5, 0.6) is 0 Å². The van der Waals surface area contributed by atoms with Gasteiger partial charge in [-0.15, -0.1) is 11.3 Å². The Morgan fingerprint density at radius 3 is 2.81 bits per heavy atom. The first kappa shape index (κ1) is 13.6. The Bertz CT molecular complexity index is 377. The largest absolute Gasteiger partial charge is 0.395 e. The van der Waals surface area contributed by atoms with Crippen molar-refractivity contribution in [1.82, 2.24) is 0 Å². The Morgan fingerprint density at radius 1 is 1.44 bits per heavy atom. The molecule has 0 spiro atoms. The zero-order valence-corrected chi connectivity index (χ0v) is 11.7. The van der Waals surface area contributed by atoms with Gasteiger partial charge in [0.15, 0.2) is 0 Å². The zero-order chi connectivity index (χ0) is 12.0. The monoisotopic (exact) mass is 254 g/mol. The molecular formula is C13H18OS2. The third kappa shape index (κ3) is 5.07. The molecule has 0 aliphatic rings. The van der Waals surface area contributed by atoms with E-state index in [-0.39, 0.29) is 6.61 Å². The second-order valence-electron chi connectivity index (χ2n) is 4.43. The van der Waals surface area contributed by atoms with Gasteiger partial charge in [0.2, 0.25) is 0 Å². The number of aliphatic hydroxyl groups is 1. The summed E-state index contributed by atoms with van der Waals surface area (Å²) in [6.07, 6.45) is 0.557. The maximum atomic E-state index is 8.67. The van der Waals surface area contributed by atoms with E-state index in [1.807, 2.05) is 11.8 Å². The summed E-state index contributed by atoms with van der Waals surface area (Å²) in [5.41, 5.74) is 1.12. The van der Waals surface area contributed by atoms with E-state index in [1.54, 1.807) is 11.3 Å².